The maximum Gasteiger partial charge on any atom is 0.201 e. The van der Waals surface area contributed by atoms with Crippen LogP contribution in [0.25, 0.3) is 11.0 Å². The van der Waals surface area contributed by atoms with Crippen LogP contribution in [0.15, 0.2) is 18.2 Å². The second-order valence-electron chi connectivity index (χ2n) is 5.88. The average Bonchev–Trinajstić information content (AvgIpc) is 2.68. The minimum Gasteiger partial charge on any atom is -0.497 e. The summed E-state index contributed by atoms with van der Waals surface area (Å²) in [5.41, 5.74) is 8.31. The van der Waals surface area contributed by atoms with Crippen LogP contribution in [0.3, 0.4) is 0 Å². The molecule has 0 unspecified atom stereocenters. The monoisotopic (exact) mass is 274 g/mol. The third-order valence-corrected chi connectivity index (χ3v) is 4.67. The van der Waals surface area contributed by atoms with E-state index in [2.05, 4.69) is 28.5 Å². The van der Waals surface area contributed by atoms with Gasteiger partial charge >= 0.3 is 0 Å². The molecule has 2 N–H and O–H groups in total. The maximum atomic E-state index is 6.12. The second-order valence-corrected chi connectivity index (χ2v) is 5.88. The molecule has 3 rings (SSSR count). The number of methoxy groups -OCH3 is 1. The highest BCUT2D eigenvalue weighted by atomic mass is 16.5. The summed E-state index contributed by atoms with van der Waals surface area (Å²) in [4.78, 5) is 6.78. The topological polar surface area (TPSA) is 56.3 Å². The molecule has 1 saturated carbocycles. The van der Waals surface area contributed by atoms with Crippen molar-refractivity contribution in [1.29, 1.82) is 0 Å². The van der Waals surface area contributed by atoms with Crippen LogP contribution in [0, 0.1) is 0 Å². The van der Waals surface area contributed by atoms with Gasteiger partial charge in [-0.3, -0.25) is 0 Å². The van der Waals surface area contributed by atoms with Gasteiger partial charge in [0.1, 0.15) is 5.75 Å². The summed E-state index contributed by atoms with van der Waals surface area (Å²) < 4.78 is 7.43. The largest absolute Gasteiger partial charge is 0.497 e. The Hall–Kier alpha value is -1.75. The third kappa shape index (κ3) is 1.93. The number of nitrogen functional groups attached to an aromatic ring is 1. The zero-order chi connectivity index (χ0) is 14.3. The molecule has 0 amide bonds. The zero-order valence-electron chi connectivity index (χ0n) is 12.4. The first-order valence-electron chi connectivity index (χ1n) is 7.03. The van der Waals surface area contributed by atoms with Gasteiger partial charge in [0, 0.05) is 18.2 Å². The lowest BCUT2D eigenvalue weighted by Crippen LogP contribution is -2.53. The van der Waals surface area contributed by atoms with Crippen LogP contribution in [0.1, 0.15) is 19.3 Å². The first kappa shape index (κ1) is 13.2. The number of fused-ring (bicyclic) bond motifs is 1. The van der Waals surface area contributed by atoms with Gasteiger partial charge in [-0.05, 0) is 45.5 Å². The number of benzene rings is 1. The van der Waals surface area contributed by atoms with Gasteiger partial charge in [-0.25, -0.2) is 4.98 Å². The van der Waals surface area contributed by atoms with E-state index in [1.54, 1.807) is 7.11 Å². The van der Waals surface area contributed by atoms with Crippen molar-refractivity contribution in [3.8, 4) is 5.75 Å². The van der Waals surface area contributed by atoms with E-state index < -0.39 is 0 Å². The number of nitrogens with zero attached hydrogens (tertiary/aromatic N) is 3. The van der Waals surface area contributed by atoms with Crippen molar-refractivity contribution in [3.05, 3.63) is 18.2 Å². The Labute approximate surface area is 119 Å². The van der Waals surface area contributed by atoms with Crippen molar-refractivity contribution in [3.63, 3.8) is 0 Å². The van der Waals surface area contributed by atoms with E-state index in [4.69, 9.17) is 10.5 Å². The second kappa shape index (κ2) is 4.66. The van der Waals surface area contributed by atoms with Crippen molar-refractivity contribution in [2.24, 2.45) is 0 Å². The molecule has 0 saturated heterocycles. The first-order chi connectivity index (χ1) is 9.55. The van der Waals surface area contributed by atoms with Crippen LogP contribution < -0.4 is 10.5 Å². The molecule has 1 aromatic heterocycles. The predicted molar refractivity (Wildman–Crippen MR) is 81.0 cm³/mol. The molecule has 2 aromatic rings. The molecular weight excluding hydrogens is 252 g/mol. The molecule has 0 spiro atoms. The lowest BCUT2D eigenvalue weighted by molar-refractivity contribution is 0.0440. The van der Waals surface area contributed by atoms with Crippen molar-refractivity contribution >= 4 is 17.0 Å². The van der Waals surface area contributed by atoms with Crippen molar-refractivity contribution in [2.45, 2.75) is 31.3 Å². The molecule has 0 atom stereocenters. The molecule has 1 aliphatic carbocycles. The summed E-state index contributed by atoms with van der Waals surface area (Å²) in [5, 5.41) is 0. The molecule has 20 heavy (non-hydrogen) atoms. The van der Waals surface area contributed by atoms with Crippen molar-refractivity contribution < 1.29 is 4.74 Å². The number of hydrogen-bond donors (Lipinski definition) is 1. The highest BCUT2D eigenvalue weighted by molar-refractivity contribution is 5.80. The Morgan fingerprint density at radius 3 is 2.70 bits per heavy atom. The fourth-order valence-electron chi connectivity index (χ4n) is 3.04. The van der Waals surface area contributed by atoms with Gasteiger partial charge in [0.15, 0.2) is 0 Å². The number of hydrogen-bond acceptors (Lipinski definition) is 4. The maximum absolute atomic E-state index is 6.12. The highest BCUT2D eigenvalue weighted by Gasteiger charge is 2.40. The molecule has 5 heteroatoms. The molecule has 1 aromatic carbocycles. The summed E-state index contributed by atoms with van der Waals surface area (Å²) in [6.07, 6.45) is 3.71. The van der Waals surface area contributed by atoms with Crippen molar-refractivity contribution in [2.75, 3.05) is 26.9 Å². The number of nitrogens with two attached hydrogens (primary N) is 1. The van der Waals surface area contributed by atoms with Gasteiger partial charge in [0.05, 0.1) is 18.1 Å². The molecule has 5 nitrogen and oxygen atoms in total. The van der Waals surface area contributed by atoms with Gasteiger partial charge in [-0.1, -0.05) is 0 Å². The van der Waals surface area contributed by atoms with E-state index in [9.17, 15) is 0 Å². The molecule has 0 radical (unpaired) electrons. The standard InChI is InChI=1S/C15H22N4O/c1-18(2)15(7-4-8-15)10-19-13-9-11(20-3)5-6-12(13)17-14(19)16/h5-6,9H,4,7-8,10H2,1-3H3,(H2,16,17). The minimum absolute atomic E-state index is 0.213. The molecule has 1 aliphatic rings. The molecule has 108 valence electrons. The Kier molecular flexibility index (Phi) is 3.09. The fraction of sp³-hybridized carbons (Fsp3) is 0.533. The smallest absolute Gasteiger partial charge is 0.201 e. The Morgan fingerprint density at radius 1 is 1.40 bits per heavy atom. The van der Waals surface area contributed by atoms with E-state index >= 15 is 0 Å². The van der Waals surface area contributed by atoms with Crippen LogP contribution >= 0.6 is 0 Å². The first-order valence-corrected chi connectivity index (χ1v) is 7.03. The Morgan fingerprint density at radius 2 is 2.15 bits per heavy atom. The summed E-state index contributed by atoms with van der Waals surface area (Å²) in [6, 6.07) is 5.90. The quantitative estimate of drug-likeness (QED) is 0.927. The highest BCUT2D eigenvalue weighted by Crippen LogP contribution is 2.39. The Bertz CT molecular complexity index is 628. The molecular formula is C15H22N4O. The molecule has 0 aliphatic heterocycles. The van der Waals surface area contributed by atoms with E-state index in [0.717, 1.165) is 23.3 Å². The zero-order valence-corrected chi connectivity index (χ0v) is 12.4. The van der Waals surface area contributed by atoms with E-state index in [1.807, 2.05) is 18.2 Å². The van der Waals surface area contributed by atoms with Crippen LogP contribution in [0.2, 0.25) is 0 Å². The number of anilines is 1. The van der Waals surface area contributed by atoms with Crippen molar-refractivity contribution in [1.82, 2.24) is 14.5 Å². The molecule has 1 heterocycles. The SMILES string of the molecule is COc1ccc2nc(N)n(CC3(N(C)C)CCC3)c2c1. The van der Waals surface area contributed by atoms with Gasteiger partial charge in [-0.2, -0.15) is 0 Å². The molecule has 1 fully saturated rings. The Balaban J connectivity index is 2.04. The summed E-state index contributed by atoms with van der Waals surface area (Å²) in [7, 11) is 5.97. The molecule has 0 bridgehead atoms. The van der Waals surface area contributed by atoms with Crippen LogP contribution in [0.4, 0.5) is 5.95 Å². The summed E-state index contributed by atoms with van der Waals surface area (Å²) >= 11 is 0. The third-order valence-electron chi connectivity index (χ3n) is 4.67. The van der Waals surface area contributed by atoms with Gasteiger partial charge in [0.2, 0.25) is 5.95 Å². The van der Waals surface area contributed by atoms with E-state index in [1.165, 1.54) is 19.3 Å². The van der Waals surface area contributed by atoms with Gasteiger partial charge in [-0.15, -0.1) is 0 Å². The van der Waals surface area contributed by atoms with Crippen LogP contribution in [-0.4, -0.2) is 41.2 Å². The van der Waals surface area contributed by atoms with Gasteiger partial charge < -0.3 is 19.9 Å². The minimum atomic E-state index is 0.213. The lowest BCUT2D eigenvalue weighted by atomic mass is 9.75. The lowest BCUT2D eigenvalue weighted by Gasteiger charge is -2.47. The van der Waals surface area contributed by atoms with E-state index in [0.29, 0.717) is 5.95 Å². The fourth-order valence-corrected chi connectivity index (χ4v) is 3.04. The number of imidazole rings is 1. The van der Waals surface area contributed by atoms with Crippen LogP contribution in [-0.2, 0) is 6.54 Å². The van der Waals surface area contributed by atoms with Crippen LogP contribution in [0.5, 0.6) is 5.75 Å². The summed E-state index contributed by atoms with van der Waals surface area (Å²) in [6.45, 7) is 0.884. The number of likely N-dealkylation sites (N-methyl/N-ethyl adjacent to an activating group) is 1. The average molecular weight is 274 g/mol. The number of aromatic nitrogens is 2. The van der Waals surface area contributed by atoms with Gasteiger partial charge in [0.25, 0.3) is 0 Å². The number of ether oxygens (including phenoxy) is 1. The number of rotatable bonds is 4. The normalized spacial score (nSPS) is 17.4. The van der Waals surface area contributed by atoms with E-state index in [-0.39, 0.29) is 5.54 Å². The summed E-state index contributed by atoms with van der Waals surface area (Å²) in [5.74, 6) is 1.42. The predicted octanol–water partition coefficient (Wildman–Crippen LogP) is 2.11.